The van der Waals surface area contributed by atoms with Crippen LogP contribution in [0.15, 0.2) is 24.8 Å². The van der Waals surface area contributed by atoms with Crippen LogP contribution in [0.2, 0.25) is 5.02 Å². The predicted molar refractivity (Wildman–Crippen MR) is 118 cm³/mol. The van der Waals surface area contributed by atoms with Crippen molar-refractivity contribution in [2.24, 2.45) is 7.05 Å². The molecule has 1 saturated heterocycles. The molecule has 0 amide bonds. The van der Waals surface area contributed by atoms with Crippen LogP contribution >= 0.6 is 11.6 Å². The molecule has 1 atom stereocenters. The van der Waals surface area contributed by atoms with E-state index in [-0.39, 0.29) is 22.1 Å². The number of hydrogen-bond acceptors (Lipinski definition) is 6. The summed E-state index contributed by atoms with van der Waals surface area (Å²) in [5.74, 6) is 0.625. The van der Waals surface area contributed by atoms with E-state index >= 15 is 4.39 Å². The molecule has 31 heavy (non-hydrogen) atoms. The normalized spacial score (nSPS) is 18.2. The lowest BCUT2D eigenvalue weighted by Gasteiger charge is -2.35. The summed E-state index contributed by atoms with van der Waals surface area (Å²) in [7, 11) is 1.91. The summed E-state index contributed by atoms with van der Waals surface area (Å²) in [5.41, 5.74) is 3.61. The van der Waals surface area contributed by atoms with E-state index in [9.17, 15) is 0 Å². The molecule has 1 unspecified atom stereocenters. The Balaban J connectivity index is 1.71. The molecule has 158 valence electrons. The second-order valence-corrected chi connectivity index (χ2v) is 8.47. The number of imidazole rings is 1. The van der Waals surface area contributed by atoms with Crippen LogP contribution in [0.25, 0.3) is 33.1 Å². The van der Waals surface area contributed by atoms with Crippen LogP contribution in [0.1, 0.15) is 5.56 Å². The highest BCUT2D eigenvalue weighted by atomic mass is 35.5. The molecule has 4 aromatic rings. The average Bonchev–Trinajstić information content (AvgIpc) is 3.06. The van der Waals surface area contributed by atoms with Gasteiger partial charge in [-0.05, 0) is 18.6 Å². The van der Waals surface area contributed by atoms with Gasteiger partial charge < -0.3 is 19.5 Å². The summed E-state index contributed by atoms with van der Waals surface area (Å²) < 4.78 is 24.2. The molecule has 0 bridgehead atoms. The van der Waals surface area contributed by atoms with Crippen molar-refractivity contribution in [3.05, 3.63) is 41.2 Å². The number of nitrogens with zero attached hydrogens (tertiary/aromatic N) is 5. The van der Waals surface area contributed by atoms with E-state index in [0.717, 1.165) is 30.7 Å². The molecule has 0 saturated carbocycles. The number of piperazine rings is 1. The minimum Gasteiger partial charge on any atom is -0.489 e. The Hall–Kier alpha value is -2.97. The molecule has 7 nitrogen and oxygen atoms in total. The third kappa shape index (κ3) is 2.58. The van der Waals surface area contributed by atoms with Crippen LogP contribution in [-0.2, 0) is 7.05 Å². The number of fused-ring (bicyclic) bond motifs is 3. The Labute approximate surface area is 182 Å². The number of halogens is 2. The van der Waals surface area contributed by atoms with Crippen molar-refractivity contribution < 1.29 is 9.13 Å². The van der Waals surface area contributed by atoms with Gasteiger partial charge in [-0.15, -0.1) is 0 Å². The van der Waals surface area contributed by atoms with Gasteiger partial charge in [0.05, 0.1) is 33.8 Å². The summed E-state index contributed by atoms with van der Waals surface area (Å²) in [5, 5.41) is 4.14. The average molecular weight is 439 g/mol. The molecule has 4 heterocycles. The molecule has 2 aromatic heterocycles. The summed E-state index contributed by atoms with van der Waals surface area (Å²) >= 11 is 6.89. The van der Waals surface area contributed by atoms with Crippen molar-refractivity contribution in [2.75, 3.05) is 31.1 Å². The highest BCUT2D eigenvalue weighted by molar-refractivity contribution is 6.37. The maximum Gasteiger partial charge on any atom is 0.159 e. The summed E-state index contributed by atoms with van der Waals surface area (Å²) in [6, 6.07) is 4.02. The Bertz CT molecular complexity index is 1370. The minimum atomic E-state index is -0.481. The minimum absolute atomic E-state index is 0.0859. The monoisotopic (exact) mass is 438 g/mol. The molecule has 0 aliphatic carbocycles. The number of nitrogens with one attached hydrogen (secondary N) is 1. The molecule has 9 heteroatoms. The van der Waals surface area contributed by atoms with Crippen molar-refractivity contribution in [1.82, 2.24) is 24.8 Å². The number of aromatic nitrogens is 4. The van der Waals surface area contributed by atoms with Crippen LogP contribution in [0.3, 0.4) is 0 Å². The molecule has 6 rings (SSSR count). The van der Waals surface area contributed by atoms with E-state index in [0.29, 0.717) is 34.6 Å². The maximum absolute atomic E-state index is 16.1. The zero-order valence-corrected chi connectivity index (χ0v) is 17.9. The number of anilines is 1. The highest BCUT2D eigenvalue weighted by Crippen LogP contribution is 2.49. The van der Waals surface area contributed by atoms with Crippen molar-refractivity contribution in [3.63, 3.8) is 0 Å². The first kappa shape index (κ1) is 18.8. The Morgan fingerprint density at radius 1 is 1.19 bits per heavy atom. The van der Waals surface area contributed by atoms with Crippen molar-refractivity contribution in [1.29, 1.82) is 0 Å². The van der Waals surface area contributed by atoms with Crippen molar-refractivity contribution >= 4 is 39.4 Å². The Morgan fingerprint density at radius 3 is 2.94 bits per heavy atom. The highest BCUT2D eigenvalue weighted by Gasteiger charge is 2.34. The van der Waals surface area contributed by atoms with E-state index in [1.54, 1.807) is 6.33 Å². The van der Waals surface area contributed by atoms with E-state index < -0.39 is 5.82 Å². The third-order valence-corrected chi connectivity index (χ3v) is 6.66. The van der Waals surface area contributed by atoms with Gasteiger partial charge in [-0.1, -0.05) is 17.7 Å². The molecule has 1 N–H and O–H groups in total. The Kier molecular flexibility index (Phi) is 4.10. The molecular weight excluding hydrogens is 419 g/mol. The number of aryl methyl sites for hydroxylation is 2. The fourth-order valence-corrected chi connectivity index (χ4v) is 5.08. The first-order valence-corrected chi connectivity index (χ1v) is 10.6. The molecular formula is C22H20ClFN6O. The SMILES string of the molecule is Cc1ccc2c(ncn2C)c1-c1c(Cl)c2c3c(ncnc3c1F)N1CCNCC1CO2. The second-order valence-electron chi connectivity index (χ2n) is 8.10. The van der Waals surface area contributed by atoms with Gasteiger partial charge >= 0.3 is 0 Å². The van der Waals surface area contributed by atoms with Crippen LogP contribution in [0.4, 0.5) is 10.2 Å². The van der Waals surface area contributed by atoms with Crippen molar-refractivity contribution in [2.45, 2.75) is 13.0 Å². The first-order valence-electron chi connectivity index (χ1n) is 10.2. The standard InChI is InChI=1S/C22H20ClFN6O/c1-11-3-4-13-19(28-10-29(13)2)14(11)15-17(23)21-16-20(18(15)24)26-9-27-22(16)30-6-5-25-7-12(30)8-31-21/h3-4,9-10,12,25H,5-8H2,1-2H3. The summed E-state index contributed by atoms with van der Waals surface area (Å²) in [6.07, 6.45) is 3.14. The smallest absolute Gasteiger partial charge is 0.159 e. The third-order valence-electron chi connectivity index (χ3n) is 6.30. The van der Waals surface area contributed by atoms with Crippen LogP contribution in [-0.4, -0.2) is 51.8 Å². The molecule has 2 aliphatic heterocycles. The lowest BCUT2D eigenvalue weighted by atomic mass is 9.96. The van der Waals surface area contributed by atoms with E-state index in [2.05, 4.69) is 25.2 Å². The van der Waals surface area contributed by atoms with Gasteiger partial charge in [-0.25, -0.2) is 19.3 Å². The number of ether oxygens (including phenoxy) is 1. The fourth-order valence-electron chi connectivity index (χ4n) is 4.75. The molecule has 0 radical (unpaired) electrons. The van der Waals surface area contributed by atoms with Gasteiger partial charge in [0.2, 0.25) is 0 Å². The summed E-state index contributed by atoms with van der Waals surface area (Å²) in [6.45, 7) is 4.70. The van der Waals surface area contributed by atoms with Crippen LogP contribution < -0.4 is 15.0 Å². The largest absolute Gasteiger partial charge is 0.489 e. The van der Waals surface area contributed by atoms with E-state index in [4.69, 9.17) is 16.3 Å². The molecule has 1 fully saturated rings. The van der Waals surface area contributed by atoms with Gasteiger partial charge in [0.25, 0.3) is 0 Å². The number of benzene rings is 2. The van der Waals surface area contributed by atoms with Crippen LogP contribution in [0.5, 0.6) is 5.75 Å². The lowest BCUT2D eigenvalue weighted by Crippen LogP contribution is -2.53. The Morgan fingerprint density at radius 2 is 2.06 bits per heavy atom. The second kappa shape index (κ2) is 6.77. The molecule has 2 aliphatic rings. The summed E-state index contributed by atoms with van der Waals surface area (Å²) in [4.78, 5) is 15.5. The van der Waals surface area contributed by atoms with E-state index in [1.807, 2.05) is 30.7 Å². The van der Waals surface area contributed by atoms with Gasteiger partial charge in [0.15, 0.2) is 11.6 Å². The van der Waals surface area contributed by atoms with Crippen LogP contribution in [0, 0.1) is 12.7 Å². The van der Waals surface area contributed by atoms with Gasteiger partial charge in [-0.2, -0.15) is 0 Å². The quantitative estimate of drug-likeness (QED) is 0.491. The molecule has 0 spiro atoms. The number of hydrogen-bond donors (Lipinski definition) is 1. The number of rotatable bonds is 1. The zero-order chi connectivity index (χ0) is 21.3. The predicted octanol–water partition coefficient (Wildman–Crippen LogP) is 3.46. The van der Waals surface area contributed by atoms with Crippen molar-refractivity contribution in [3.8, 4) is 16.9 Å². The first-order chi connectivity index (χ1) is 15.1. The lowest BCUT2D eigenvalue weighted by molar-refractivity contribution is 0.274. The molecule has 2 aromatic carbocycles. The fraction of sp³-hybridized carbons (Fsp3) is 0.318. The van der Waals surface area contributed by atoms with Gasteiger partial charge in [0, 0.05) is 37.8 Å². The topological polar surface area (TPSA) is 68.1 Å². The van der Waals surface area contributed by atoms with E-state index in [1.165, 1.54) is 6.33 Å². The maximum atomic E-state index is 16.1. The van der Waals surface area contributed by atoms with Gasteiger partial charge in [0.1, 0.15) is 24.3 Å². The van der Waals surface area contributed by atoms with Gasteiger partial charge in [-0.3, -0.25) is 0 Å². The zero-order valence-electron chi connectivity index (χ0n) is 17.1.